The lowest BCUT2D eigenvalue weighted by atomic mass is 9.84. The van der Waals surface area contributed by atoms with Crippen molar-refractivity contribution in [2.24, 2.45) is 0 Å². The molecule has 0 aliphatic heterocycles. The Bertz CT molecular complexity index is 686. The minimum atomic E-state index is 0.114. The summed E-state index contributed by atoms with van der Waals surface area (Å²) in [7, 11) is 0. The Morgan fingerprint density at radius 2 is 1.75 bits per heavy atom. The summed E-state index contributed by atoms with van der Waals surface area (Å²) in [5, 5.41) is 8.94. The van der Waals surface area contributed by atoms with Gasteiger partial charge in [-0.15, -0.1) is 0 Å². The summed E-state index contributed by atoms with van der Waals surface area (Å²) in [4.78, 5) is 4.48. The lowest BCUT2D eigenvalue weighted by Gasteiger charge is -2.21. The smallest absolute Gasteiger partial charge is 0.101 e. The maximum absolute atomic E-state index is 8.94. The van der Waals surface area contributed by atoms with Gasteiger partial charge in [-0.2, -0.15) is 5.26 Å². The molecule has 20 heavy (non-hydrogen) atoms. The number of nitrogens with zero attached hydrogens (tertiary/aromatic N) is 2. The van der Waals surface area contributed by atoms with E-state index in [4.69, 9.17) is 5.26 Å². The van der Waals surface area contributed by atoms with Gasteiger partial charge in [-0.1, -0.05) is 32.9 Å². The largest absolute Gasteiger partial charge is 0.255 e. The molecular weight excluding hydrogens is 244 g/mol. The van der Waals surface area contributed by atoms with Crippen molar-refractivity contribution in [1.82, 2.24) is 4.98 Å². The van der Waals surface area contributed by atoms with Crippen molar-refractivity contribution in [3.8, 4) is 17.3 Å². The molecule has 0 spiro atoms. The third-order valence-corrected chi connectivity index (χ3v) is 3.57. The first kappa shape index (κ1) is 14.3. The third-order valence-electron chi connectivity index (χ3n) is 3.57. The van der Waals surface area contributed by atoms with E-state index in [2.05, 4.69) is 56.9 Å². The zero-order valence-corrected chi connectivity index (χ0v) is 12.8. The lowest BCUT2D eigenvalue weighted by molar-refractivity contribution is 0.590. The van der Waals surface area contributed by atoms with E-state index in [1.807, 2.05) is 13.0 Å². The highest BCUT2D eigenvalue weighted by atomic mass is 14.7. The minimum absolute atomic E-state index is 0.114. The summed E-state index contributed by atoms with van der Waals surface area (Å²) in [6, 6.07) is 10.6. The molecule has 0 aliphatic rings. The molecule has 0 saturated heterocycles. The van der Waals surface area contributed by atoms with Gasteiger partial charge in [0.25, 0.3) is 0 Å². The van der Waals surface area contributed by atoms with Crippen LogP contribution in [0.5, 0.6) is 0 Å². The molecule has 0 fully saturated rings. The highest BCUT2D eigenvalue weighted by Crippen LogP contribution is 2.30. The van der Waals surface area contributed by atoms with Gasteiger partial charge in [-0.05, 0) is 48.1 Å². The summed E-state index contributed by atoms with van der Waals surface area (Å²) >= 11 is 0. The zero-order chi connectivity index (χ0) is 14.9. The molecule has 0 bridgehead atoms. The Kier molecular flexibility index (Phi) is 3.63. The fraction of sp³-hybridized carbons (Fsp3) is 0.333. The third kappa shape index (κ3) is 2.72. The number of benzene rings is 1. The van der Waals surface area contributed by atoms with Crippen LogP contribution >= 0.6 is 0 Å². The number of hydrogen-bond donors (Lipinski definition) is 0. The Morgan fingerprint density at radius 1 is 1.05 bits per heavy atom. The average Bonchev–Trinajstić information content (AvgIpc) is 2.38. The summed E-state index contributed by atoms with van der Waals surface area (Å²) in [5.74, 6) is 0. The van der Waals surface area contributed by atoms with E-state index in [0.717, 1.165) is 16.8 Å². The highest BCUT2D eigenvalue weighted by Gasteiger charge is 2.16. The zero-order valence-electron chi connectivity index (χ0n) is 12.8. The fourth-order valence-electron chi connectivity index (χ4n) is 2.26. The van der Waals surface area contributed by atoms with Crippen LogP contribution in [-0.2, 0) is 5.41 Å². The van der Waals surface area contributed by atoms with E-state index < -0.39 is 0 Å². The van der Waals surface area contributed by atoms with Gasteiger partial charge in [0, 0.05) is 11.8 Å². The molecule has 0 atom stereocenters. The number of aryl methyl sites for hydroxylation is 2. The van der Waals surface area contributed by atoms with Crippen LogP contribution in [0, 0.1) is 25.2 Å². The van der Waals surface area contributed by atoms with Crippen molar-refractivity contribution >= 4 is 0 Å². The Morgan fingerprint density at radius 3 is 2.30 bits per heavy atom. The number of aromatic nitrogens is 1. The highest BCUT2D eigenvalue weighted by molar-refractivity contribution is 5.68. The maximum Gasteiger partial charge on any atom is 0.101 e. The van der Waals surface area contributed by atoms with Crippen LogP contribution in [0.25, 0.3) is 11.3 Å². The molecular formula is C18H20N2. The van der Waals surface area contributed by atoms with E-state index in [0.29, 0.717) is 5.56 Å². The standard InChI is InChI=1S/C18H20N2/c1-12-6-7-15(18(3,4)5)9-16(12)17-13(2)8-14(10-19)11-20-17/h6-9,11H,1-5H3. The number of nitriles is 1. The second-order valence-electron chi connectivity index (χ2n) is 6.28. The van der Waals surface area contributed by atoms with E-state index in [9.17, 15) is 0 Å². The Hall–Kier alpha value is -2.14. The molecule has 0 unspecified atom stereocenters. The molecule has 2 heteroatoms. The molecule has 1 heterocycles. The molecule has 102 valence electrons. The van der Waals surface area contributed by atoms with Crippen molar-refractivity contribution in [2.45, 2.75) is 40.0 Å². The Balaban J connectivity index is 2.61. The molecule has 0 amide bonds. The Labute approximate surface area is 121 Å². The second kappa shape index (κ2) is 5.09. The van der Waals surface area contributed by atoms with E-state index >= 15 is 0 Å². The van der Waals surface area contributed by atoms with Crippen LogP contribution < -0.4 is 0 Å². The summed E-state index contributed by atoms with van der Waals surface area (Å²) in [5.41, 5.74) is 6.38. The van der Waals surface area contributed by atoms with Crippen molar-refractivity contribution in [2.75, 3.05) is 0 Å². The fourth-order valence-corrected chi connectivity index (χ4v) is 2.26. The van der Waals surface area contributed by atoms with Gasteiger partial charge in [0.05, 0.1) is 11.3 Å². The average molecular weight is 264 g/mol. The van der Waals surface area contributed by atoms with Gasteiger partial charge in [-0.25, -0.2) is 0 Å². The van der Waals surface area contributed by atoms with Crippen LogP contribution in [0.4, 0.5) is 0 Å². The molecule has 1 aromatic heterocycles. The van der Waals surface area contributed by atoms with Gasteiger partial charge in [0.2, 0.25) is 0 Å². The van der Waals surface area contributed by atoms with E-state index in [1.54, 1.807) is 6.20 Å². The topological polar surface area (TPSA) is 36.7 Å². The number of pyridine rings is 1. The van der Waals surface area contributed by atoms with Gasteiger partial charge in [0.15, 0.2) is 0 Å². The normalized spacial score (nSPS) is 11.2. The van der Waals surface area contributed by atoms with Crippen LogP contribution in [0.3, 0.4) is 0 Å². The number of rotatable bonds is 1. The molecule has 0 N–H and O–H groups in total. The van der Waals surface area contributed by atoms with E-state index in [-0.39, 0.29) is 5.41 Å². The molecule has 0 aliphatic carbocycles. The molecule has 1 aromatic carbocycles. The minimum Gasteiger partial charge on any atom is -0.255 e. The van der Waals surface area contributed by atoms with E-state index in [1.165, 1.54) is 11.1 Å². The van der Waals surface area contributed by atoms with Gasteiger partial charge < -0.3 is 0 Å². The van der Waals surface area contributed by atoms with Gasteiger partial charge >= 0.3 is 0 Å². The second-order valence-corrected chi connectivity index (χ2v) is 6.28. The van der Waals surface area contributed by atoms with Gasteiger partial charge in [0.1, 0.15) is 6.07 Å². The molecule has 0 saturated carbocycles. The molecule has 2 aromatic rings. The van der Waals surface area contributed by atoms with Gasteiger partial charge in [-0.3, -0.25) is 4.98 Å². The van der Waals surface area contributed by atoms with Crippen LogP contribution in [-0.4, -0.2) is 4.98 Å². The quantitative estimate of drug-likeness (QED) is 0.758. The monoisotopic (exact) mass is 264 g/mol. The van der Waals surface area contributed by atoms with Crippen molar-refractivity contribution in [3.63, 3.8) is 0 Å². The summed E-state index contributed by atoms with van der Waals surface area (Å²) < 4.78 is 0. The first-order chi connectivity index (χ1) is 9.32. The molecule has 2 nitrogen and oxygen atoms in total. The van der Waals surface area contributed by atoms with Crippen molar-refractivity contribution in [1.29, 1.82) is 5.26 Å². The first-order valence-corrected chi connectivity index (χ1v) is 6.81. The number of hydrogen-bond acceptors (Lipinski definition) is 2. The molecule has 2 rings (SSSR count). The predicted octanol–water partition coefficient (Wildman–Crippen LogP) is 4.53. The van der Waals surface area contributed by atoms with Crippen molar-refractivity contribution in [3.05, 3.63) is 52.7 Å². The molecule has 0 radical (unpaired) electrons. The van der Waals surface area contributed by atoms with Crippen LogP contribution in [0.1, 0.15) is 43.0 Å². The maximum atomic E-state index is 8.94. The predicted molar refractivity (Wildman–Crippen MR) is 82.6 cm³/mol. The summed E-state index contributed by atoms with van der Waals surface area (Å²) in [6.45, 7) is 10.7. The van der Waals surface area contributed by atoms with Crippen molar-refractivity contribution < 1.29 is 0 Å². The first-order valence-electron chi connectivity index (χ1n) is 6.81. The lowest BCUT2D eigenvalue weighted by Crippen LogP contribution is -2.11. The van der Waals surface area contributed by atoms with Crippen LogP contribution in [0.15, 0.2) is 30.5 Å². The van der Waals surface area contributed by atoms with Crippen LogP contribution in [0.2, 0.25) is 0 Å². The summed E-state index contributed by atoms with van der Waals surface area (Å²) in [6.07, 6.45) is 1.64. The SMILES string of the molecule is Cc1ccc(C(C)(C)C)cc1-c1ncc(C#N)cc1C.